The number of fused-ring (bicyclic) bond motifs is 1. The number of methoxy groups -OCH3 is 1. The molecule has 3 amide bonds. The number of nitrogens with one attached hydrogen (secondary N) is 2. The van der Waals surface area contributed by atoms with Gasteiger partial charge in [0.1, 0.15) is 12.0 Å². The molecule has 1 heterocycles. The number of rotatable bonds is 4. The molecule has 1 aliphatic heterocycles. The predicted molar refractivity (Wildman–Crippen MR) is 109 cm³/mol. The topological polar surface area (TPSA) is 70.7 Å². The summed E-state index contributed by atoms with van der Waals surface area (Å²) >= 11 is 0. The van der Waals surface area contributed by atoms with Crippen molar-refractivity contribution in [2.24, 2.45) is 5.41 Å². The van der Waals surface area contributed by atoms with Gasteiger partial charge in [-0.25, -0.2) is 9.18 Å². The molecular formula is C22H26FN3O3. The van der Waals surface area contributed by atoms with Crippen LogP contribution in [-0.4, -0.2) is 30.2 Å². The van der Waals surface area contributed by atoms with E-state index in [1.54, 1.807) is 42.3 Å². The summed E-state index contributed by atoms with van der Waals surface area (Å²) in [5.74, 6) is -0.552. The van der Waals surface area contributed by atoms with E-state index in [0.717, 1.165) is 11.1 Å². The highest BCUT2D eigenvalue weighted by Crippen LogP contribution is 2.24. The van der Waals surface area contributed by atoms with Gasteiger partial charge in [0, 0.05) is 36.9 Å². The number of hydrogen-bond acceptors (Lipinski definition) is 3. The molecule has 2 aromatic rings. The summed E-state index contributed by atoms with van der Waals surface area (Å²) in [6.07, 6.45) is -0.420. The number of amides is 3. The van der Waals surface area contributed by atoms with Crippen molar-refractivity contribution in [3.63, 3.8) is 0 Å². The highest BCUT2D eigenvalue weighted by Gasteiger charge is 2.27. The molecule has 154 valence electrons. The first-order valence-electron chi connectivity index (χ1n) is 9.44. The smallest absolute Gasteiger partial charge is 0.322 e. The third-order valence-electron chi connectivity index (χ3n) is 4.86. The molecule has 3 rings (SSSR count). The summed E-state index contributed by atoms with van der Waals surface area (Å²) in [7, 11) is 1.56. The van der Waals surface area contributed by atoms with Crippen LogP contribution in [0.15, 0.2) is 42.5 Å². The van der Waals surface area contributed by atoms with Crippen LogP contribution in [0.3, 0.4) is 0 Å². The van der Waals surface area contributed by atoms with Crippen molar-refractivity contribution in [1.29, 1.82) is 0 Å². The van der Waals surface area contributed by atoms with Gasteiger partial charge in [0.25, 0.3) is 5.91 Å². The Kier molecular flexibility index (Phi) is 5.88. The van der Waals surface area contributed by atoms with Gasteiger partial charge >= 0.3 is 6.03 Å². The SMILES string of the molecule is COC(NC(=O)c1ccc(NC(=O)N2Cc3ccc(F)cc3C2)cc1)C(C)(C)C. The molecule has 0 bridgehead atoms. The number of anilines is 1. The third kappa shape index (κ3) is 4.92. The van der Waals surface area contributed by atoms with Crippen molar-refractivity contribution in [2.45, 2.75) is 40.1 Å². The molecule has 29 heavy (non-hydrogen) atoms. The molecule has 2 aromatic carbocycles. The van der Waals surface area contributed by atoms with Crippen LogP contribution < -0.4 is 10.6 Å². The Bertz CT molecular complexity index is 907. The van der Waals surface area contributed by atoms with E-state index in [0.29, 0.717) is 24.3 Å². The van der Waals surface area contributed by atoms with Gasteiger partial charge in [0.05, 0.1) is 0 Å². The molecule has 0 radical (unpaired) electrons. The van der Waals surface area contributed by atoms with E-state index in [1.165, 1.54) is 12.1 Å². The molecule has 0 aromatic heterocycles. The van der Waals surface area contributed by atoms with Gasteiger partial charge in [-0.2, -0.15) is 0 Å². The highest BCUT2D eigenvalue weighted by atomic mass is 19.1. The van der Waals surface area contributed by atoms with Gasteiger partial charge in [-0.1, -0.05) is 26.8 Å². The van der Waals surface area contributed by atoms with Gasteiger partial charge in [-0.05, 0) is 47.5 Å². The fourth-order valence-corrected chi connectivity index (χ4v) is 3.25. The quantitative estimate of drug-likeness (QED) is 0.760. The zero-order valence-electron chi connectivity index (χ0n) is 17.1. The number of benzene rings is 2. The number of ether oxygens (including phenoxy) is 1. The molecule has 1 atom stereocenters. The van der Waals surface area contributed by atoms with Crippen molar-refractivity contribution in [1.82, 2.24) is 10.2 Å². The number of carbonyl (C=O) groups excluding carboxylic acids is 2. The molecule has 1 aliphatic rings. The molecule has 7 heteroatoms. The molecule has 1 unspecified atom stereocenters. The lowest BCUT2D eigenvalue weighted by molar-refractivity contribution is -0.00555. The van der Waals surface area contributed by atoms with Gasteiger partial charge in [-0.15, -0.1) is 0 Å². The number of hydrogen-bond donors (Lipinski definition) is 2. The molecule has 0 aliphatic carbocycles. The standard InChI is InChI=1S/C22H26FN3O3/c1-22(2,3)20(29-4)25-19(27)14-6-9-18(10-7-14)24-21(28)26-12-15-5-8-17(23)11-16(15)13-26/h5-11,20H,12-13H2,1-4H3,(H,24,28)(H,25,27). The number of urea groups is 1. The van der Waals surface area contributed by atoms with Crippen LogP contribution in [0.2, 0.25) is 0 Å². The van der Waals surface area contributed by atoms with Gasteiger partial charge in [-0.3, -0.25) is 4.79 Å². The molecule has 0 spiro atoms. The highest BCUT2D eigenvalue weighted by molar-refractivity contribution is 5.95. The lowest BCUT2D eigenvalue weighted by Crippen LogP contribution is -2.44. The van der Waals surface area contributed by atoms with Crippen LogP contribution >= 0.6 is 0 Å². The Morgan fingerprint density at radius 2 is 1.72 bits per heavy atom. The number of nitrogens with zero attached hydrogens (tertiary/aromatic N) is 1. The number of carbonyl (C=O) groups is 2. The summed E-state index contributed by atoms with van der Waals surface area (Å²) in [4.78, 5) is 26.6. The maximum absolute atomic E-state index is 13.3. The molecule has 0 fully saturated rings. The molecular weight excluding hydrogens is 373 g/mol. The van der Waals surface area contributed by atoms with E-state index in [9.17, 15) is 14.0 Å². The summed E-state index contributed by atoms with van der Waals surface area (Å²) in [5, 5.41) is 5.67. The maximum atomic E-state index is 13.3. The second-order valence-electron chi connectivity index (χ2n) is 8.23. The van der Waals surface area contributed by atoms with E-state index in [1.807, 2.05) is 20.8 Å². The summed E-state index contributed by atoms with van der Waals surface area (Å²) in [6, 6.07) is 10.9. The number of halogens is 1. The van der Waals surface area contributed by atoms with Crippen molar-refractivity contribution in [2.75, 3.05) is 12.4 Å². The minimum atomic E-state index is -0.420. The monoisotopic (exact) mass is 399 g/mol. The van der Waals surface area contributed by atoms with Crippen LogP contribution in [0.1, 0.15) is 42.3 Å². The summed E-state index contributed by atoms with van der Waals surface area (Å²) in [5.41, 5.74) is 2.57. The largest absolute Gasteiger partial charge is 0.361 e. The fourth-order valence-electron chi connectivity index (χ4n) is 3.25. The van der Waals surface area contributed by atoms with Crippen LogP contribution in [0.4, 0.5) is 14.9 Å². The summed E-state index contributed by atoms with van der Waals surface area (Å²) < 4.78 is 18.7. The Morgan fingerprint density at radius 3 is 2.34 bits per heavy atom. The predicted octanol–water partition coefficient (Wildman–Crippen LogP) is 4.12. The van der Waals surface area contributed by atoms with E-state index >= 15 is 0 Å². The van der Waals surface area contributed by atoms with Crippen LogP contribution in [0, 0.1) is 11.2 Å². The first kappa shape index (κ1) is 20.8. The molecule has 2 N–H and O–H groups in total. The van der Waals surface area contributed by atoms with Gasteiger partial charge < -0.3 is 20.3 Å². The van der Waals surface area contributed by atoms with Crippen LogP contribution in [-0.2, 0) is 17.8 Å². The molecule has 0 saturated heterocycles. The first-order valence-corrected chi connectivity index (χ1v) is 9.44. The third-order valence-corrected chi connectivity index (χ3v) is 4.86. The minimum Gasteiger partial charge on any atom is -0.361 e. The van der Waals surface area contributed by atoms with Crippen molar-refractivity contribution in [3.8, 4) is 0 Å². The Morgan fingerprint density at radius 1 is 1.07 bits per heavy atom. The normalized spacial score (nSPS) is 14.3. The maximum Gasteiger partial charge on any atom is 0.322 e. The molecule has 0 saturated carbocycles. The second kappa shape index (κ2) is 8.21. The lowest BCUT2D eigenvalue weighted by atomic mass is 9.94. The average molecular weight is 399 g/mol. The van der Waals surface area contributed by atoms with Gasteiger partial charge in [0.2, 0.25) is 0 Å². The van der Waals surface area contributed by atoms with Crippen molar-refractivity contribution in [3.05, 3.63) is 65.0 Å². The van der Waals surface area contributed by atoms with E-state index in [4.69, 9.17) is 4.74 Å². The van der Waals surface area contributed by atoms with Crippen molar-refractivity contribution >= 4 is 17.6 Å². The van der Waals surface area contributed by atoms with Gasteiger partial charge in [0.15, 0.2) is 0 Å². The Hall–Kier alpha value is -2.93. The lowest BCUT2D eigenvalue weighted by Gasteiger charge is -2.29. The van der Waals surface area contributed by atoms with Crippen molar-refractivity contribution < 1.29 is 18.7 Å². The zero-order valence-corrected chi connectivity index (χ0v) is 17.1. The molecule has 6 nitrogen and oxygen atoms in total. The van der Waals surface area contributed by atoms with Crippen LogP contribution in [0.5, 0.6) is 0 Å². The average Bonchev–Trinajstić information content (AvgIpc) is 3.08. The fraction of sp³-hybridized carbons (Fsp3) is 0.364. The summed E-state index contributed by atoms with van der Waals surface area (Å²) in [6.45, 7) is 6.74. The Labute approximate surface area is 170 Å². The zero-order chi connectivity index (χ0) is 21.2. The van der Waals surface area contributed by atoms with E-state index in [-0.39, 0.29) is 23.2 Å². The van der Waals surface area contributed by atoms with E-state index < -0.39 is 6.23 Å². The van der Waals surface area contributed by atoms with Crippen LogP contribution in [0.25, 0.3) is 0 Å². The second-order valence-corrected chi connectivity index (χ2v) is 8.23. The van der Waals surface area contributed by atoms with E-state index in [2.05, 4.69) is 10.6 Å². The first-order chi connectivity index (χ1) is 13.7. The Balaban J connectivity index is 1.59. The minimum absolute atomic E-state index is 0.242.